The molecule has 3 nitrogen and oxygen atoms in total. The Morgan fingerprint density at radius 3 is 2.40 bits per heavy atom. The molecule has 2 rings (SSSR count). The molecule has 1 fully saturated rings. The average molecular weight is 267 g/mol. The van der Waals surface area contributed by atoms with E-state index in [0.717, 1.165) is 23.4 Å². The van der Waals surface area contributed by atoms with Crippen LogP contribution in [-0.2, 0) is 0 Å². The van der Waals surface area contributed by atoms with Gasteiger partial charge >= 0.3 is 0 Å². The lowest BCUT2D eigenvalue weighted by Gasteiger charge is -1.99. The van der Waals surface area contributed by atoms with Crippen LogP contribution in [0.15, 0.2) is 40.6 Å². The molecule has 0 aromatic heterocycles. The van der Waals surface area contributed by atoms with Crippen LogP contribution in [0.1, 0.15) is 10.4 Å². The molecule has 0 radical (unpaired) electrons. The lowest BCUT2D eigenvalue weighted by atomic mass is 10.1. The first-order valence-corrected chi connectivity index (χ1v) is 5.54. The van der Waals surface area contributed by atoms with Gasteiger partial charge in [-0.3, -0.25) is 4.79 Å². The second-order valence-electron chi connectivity index (χ2n) is 3.28. The van der Waals surface area contributed by atoms with E-state index < -0.39 is 0 Å². The summed E-state index contributed by atoms with van der Waals surface area (Å²) in [6, 6.07) is 7.33. The fraction of sp³-hybridized carbons (Fsp3) is 0.182. The number of rotatable bonds is 2. The Labute approximate surface area is 96.7 Å². The fourth-order valence-corrected chi connectivity index (χ4v) is 1.65. The molecule has 0 unspecified atom stereocenters. The largest absolute Gasteiger partial charge is 0.370 e. The Morgan fingerprint density at radius 1 is 1.20 bits per heavy atom. The van der Waals surface area contributed by atoms with Crippen molar-refractivity contribution in [3.8, 4) is 0 Å². The predicted octanol–water partition coefficient (Wildman–Crippen LogP) is 1.67. The number of halogens is 1. The van der Waals surface area contributed by atoms with Gasteiger partial charge in [0, 0.05) is 29.2 Å². The molecular formula is C11H11BrN2O. The third-order valence-corrected chi connectivity index (χ3v) is 2.69. The molecule has 0 spiro atoms. The molecule has 0 aliphatic carbocycles. The van der Waals surface area contributed by atoms with Gasteiger partial charge in [-0.2, -0.15) is 0 Å². The van der Waals surface area contributed by atoms with E-state index in [0.29, 0.717) is 5.56 Å². The number of hydrogen-bond donors (Lipinski definition) is 2. The van der Waals surface area contributed by atoms with Gasteiger partial charge in [-0.25, -0.2) is 0 Å². The highest BCUT2D eigenvalue weighted by molar-refractivity contribution is 9.10. The van der Waals surface area contributed by atoms with Gasteiger partial charge in [0.2, 0.25) is 0 Å². The Balaban J connectivity index is 2.14. The molecule has 0 atom stereocenters. The van der Waals surface area contributed by atoms with Crippen molar-refractivity contribution >= 4 is 21.7 Å². The lowest BCUT2D eigenvalue weighted by molar-refractivity contribution is 0.104. The third-order valence-electron chi connectivity index (χ3n) is 2.16. The molecule has 0 amide bonds. The molecule has 78 valence electrons. The normalized spacial score (nSPS) is 14.3. The summed E-state index contributed by atoms with van der Waals surface area (Å²) in [7, 11) is 0. The Kier molecular flexibility index (Phi) is 3.06. The van der Waals surface area contributed by atoms with Crippen LogP contribution in [-0.4, -0.2) is 18.9 Å². The van der Waals surface area contributed by atoms with Crippen LogP contribution in [0.3, 0.4) is 0 Å². The second-order valence-corrected chi connectivity index (χ2v) is 4.20. The SMILES string of the molecule is O=C(C=C1NCCN1)c1ccc(Br)cc1. The number of ketones is 1. The number of carbonyl (C=O) groups excluding carboxylic acids is 1. The molecule has 0 bridgehead atoms. The number of hydrogen-bond acceptors (Lipinski definition) is 3. The van der Waals surface area contributed by atoms with Crippen molar-refractivity contribution in [1.82, 2.24) is 10.6 Å². The van der Waals surface area contributed by atoms with Crippen LogP contribution in [0.2, 0.25) is 0 Å². The van der Waals surface area contributed by atoms with Gasteiger partial charge in [-0.05, 0) is 24.3 Å². The Bertz CT molecular complexity index is 390. The van der Waals surface area contributed by atoms with E-state index in [1.807, 2.05) is 12.1 Å². The smallest absolute Gasteiger partial charge is 0.189 e. The van der Waals surface area contributed by atoms with Gasteiger partial charge in [0.1, 0.15) is 5.82 Å². The number of benzene rings is 1. The highest BCUT2D eigenvalue weighted by Crippen LogP contribution is 2.11. The topological polar surface area (TPSA) is 41.1 Å². The molecule has 0 saturated carbocycles. The second kappa shape index (κ2) is 4.49. The third kappa shape index (κ3) is 2.59. The van der Waals surface area contributed by atoms with Crippen LogP contribution in [0.4, 0.5) is 0 Å². The summed E-state index contributed by atoms with van der Waals surface area (Å²) in [5, 5.41) is 6.18. The first-order valence-electron chi connectivity index (χ1n) is 4.75. The van der Waals surface area contributed by atoms with Gasteiger partial charge in [0.25, 0.3) is 0 Å². The summed E-state index contributed by atoms with van der Waals surface area (Å²) in [6.45, 7) is 1.75. The van der Waals surface area contributed by atoms with Crippen molar-refractivity contribution in [3.63, 3.8) is 0 Å². The Hall–Kier alpha value is -1.29. The summed E-state index contributed by atoms with van der Waals surface area (Å²) in [5.74, 6) is 0.822. The monoisotopic (exact) mass is 266 g/mol. The Morgan fingerprint density at radius 2 is 1.80 bits per heavy atom. The van der Waals surface area contributed by atoms with Crippen LogP contribution < -0.4 is 10.6 Å². The minimum atomic E-state index is 0.0133. The number of allylic oxidation sites excluding steroid dienone is 1. The molecular weight excluding hydrogens is 256 g/mol. The summed E-state index contributed by atoms with van der Waals surface area (Å²) >= 11 is 3.33. The molecule has 1 aromatic rings. The first-order chi connectivity index (χ1) is 7.25. The zero-order valence-corrected chi connectivity index (χ0v) is 9.67. The van der Waals surface area contributed by atoms with Crippen LogP contribution >= 0.6 is 15.9 Å². The van der Waals surface area contributed by atoms with Crippen molar-refractivity contribution in [2.24, 2.45) is 0 Å². The van der Waals surface area contributed by atoms with Crippen molar-refractivity contribution in [1.29, 1.82) is 0 Å². The van der Waals surface area contributed by atoms with Gasteiger partial charge < -0.3 is 10.6 Å². The zero-order chi connectivity index (χ0) is 10.7. The number of nitrogens with one attached hydrogen (secondary N) is 2. The molecule has 2 N–H and O–H groups in total. The van der Waals surface area contributed by atoms with Gasteiger partial charge in [-0.15, -0.1) is 0 Å². The van der Waals surface area contributed by atoms with Crippen molar-refractivity contribution in [2.45, 2.75) is 0 Å². The van der Waals surface area contributed by atoms with E-state index in [4.69, 9.17) is 0 Å². The predicted molar refractivity (Wildman–Crippen MR) is 62.6 cm³/mol. The van der Waals surface area contributed by atoms with Crippen LogP contribution in [0, 0.1) is 0 Å². The standard InChI is InChI=1S/C11H11BrN2O/c12-9-3-1-8(2-4-9)10(15)7-11-13-5-6-14-11/h1-4,7,13-14H,5-6H2. The average Bonchev–Trinajstić information content (AvgIpc) is 2.71. The fourth-order valence-electron chi connectivity index (χ4n) is 1.39. The van der Waals surface area contributed by atoms with Gasteiger partial charge in [0.05, 0.1) is 0 Å². The molecule has 15 heavy (non-hydrogen) atoms. The van der Waals surface area contributed by atoms with Crippen LogP contribution in [0.5, 0.6) is 0 Å². The maximum Gasteiger partial charge on any atom is 0.189 e. The minimum absolute atomic E-state index is 0.0133. The highest BCUT2D eigenvalue weighted by Gasteiger charge is 2.07. The summed E-state index contributed by atoms with van der Waals surface area (Å²) in [4.78, 5) is 11.7. The minimum Gasteiger partial charge on any atom is -0.370 e. The van der Waals surface area contributed by atoms with E-state index in [-0.39, 0.29) is 5.78 Å². The summed E-state index contributed by atoms with van der Waals surface area (Å²) in [5.41, 5.74) is 0.696. The summed E-state index contributed by atoms with van der Waals surface area (Å²) in [6.07, 6.45) is 1.59. The van der Waals surface area contributed by atoms with Crippen molar-refractivity contribution in [3.05, 3.63) is 46.2 Å². The maximum atomic E-state index is 11.7. The van der Waals surface area contributed by atoms with Gasteiger partial charge in [0.15, 0.2) is 5.78 Å². The van der Waals surface area contributed by atoms with Crippen molar-refractivity contribution in [2.75, 3.05) is 13.1 Å². The summed E-state index contributed by atoms with van der Waals surface area (Å²) < 4.78 is 0.976. The van der Waals surface area contributed by atoms with E-state index in [1.54, 1.807) is 18.2 Å². The first kappa shape index (κ1) is 10.2. The van der Waals surface area contributed by atoms with Gasteiger partial charge in [-0.1, -0.05) is 15.9 Å². The molecule has 1 aliphatic rings. The number of carbonyl (C=O) groups is 1. The van der Waals surface area contributed by atoms with Crippen molar-refractivity contribution < 1.29 is 4.79 Å². The van der Waals surface area contributed by atoms with E-state index in [9.17, 15) is 4.79 Å². The molecule has 4 heteroatoms. The molecule has 1 aliphatic heterocycles. The van der Waals surface area contributed by atoms with E-state index >= 15 is 0 Å². The zero-order valence-electron chi connectivity index (χ0n) is 8.09. The molecule has 1 saturated heterocycles. The highest BCUT2D eigenvalue weighted by atomic mass is 79.9. The van der Waals surface area contributed by atoms with E-state index in [1.165, 1.54) is 0 Å². The maximum absolute atomic E-state index is 11.7. The van der Waals surface area contributed by atoms with Crippen LogP contribution in [0.25, 0.3) is 0 Å². The lowest BCUT2D eigenvalue weighted by Crippen LogP contribution is -2.12. The molecule has 1 aromatic carbocycles. The molecule has 1 heterocycles. The quantitative estimate of drug-likeness (QED) is 0.632. The van der Waals surface area contributed by atoms with E-state index in [2.05, 4.69) is 26.6 Å².